The molecule has 0 radical (unpaired) electrons. The molecule has 8 nitrogen and oxygen atoms in total. The second-order valence-corrected chi connectivity index (χ2v) is 11.7. The SMILES string of the molecule is CSc1cc(C)[nH]c(=O)c1CNC(=O)c1cc(Cl)c2c(c1C)O[C@@](C)(C1CCC(c3cnn(C)c3)CC1)O2. The van der Waals surface area contributed by atoms with Crippen molar-refractivity contribution in [2.75, 3.05) is 6.26 Å². The summed E-state index contributed by atoms with van der Waals surface area (Å²) in [4.78, 5) is 29.3. The summed E-state index contributed by atoms with van der Waals surface area (Å²) in [6, 6.07) is 3.52. The van der Waals surface area contributed by atoms with Crippen LogP contribution in [0.25, 0.3) is 0 Å². The first-order valence-corrected chi connectivity index (χ1v) is 14.4. The van der Waals surface area contributed by atoms with E-state index in [9.17, 15) is 9.59 Å². The molecule has 5 rings (SSSR count). The maximum Gasteiger partial charge on any atom is 0.254 e. The van der Waals surface area contributed by atoms with Crippen LogP contribution in [0.5, 0.6) is 11.5 Å². The number of thioether (sulfide) groups is 1. The van der Waals surface area contributed by atoms with E-state index in [2.05, 4.69) is 21.6 Å². The van der Waals surface area contributed by atoms with Gasteiger partial charge in [-0.15, -0.1) is 11.8 Å². The summed E-state index contributed by atoms with van der Waals surface area (Å²) in [6.45, 7) is 5.74. The molecule has 0 bridgehead atoms. The maximum atomic E-state index is 13.2. The molecule has 1 fully saturated rings. The zero-order chi connectivity index (χ0) is 27.2. The van der Waals surface area contributed by atoms with Gasteiger partial charge in [0.2, 0.25) is 0 Å². The molecule has 0 spiro atoms. The number of ether oxygens (including phenoxy) is 2. The van der Waals surface area contributed by atoms with Crippen LogP contribution >= 0.6 is 23.4 Å². The second kappa shape index (κ2) is 10.3. The lowest BCUT2D eigenvalue weighted by Crippen LogP contribution is -2.44. The average molecular weight is 557 g/mol. The first-order chi connectivity index (χ1) is 18.1. The van der Waals surface area contributed by atoms with Crippen LogP contribution in [0.1, 0.15) is 71.3 Å². The Labute approximate surface area is 231 Å². The van der Waals surface area contributed by atoms with E-state index in [0.717, 1.165) is 36.3 Å². The summed E-state index contributed by atoms with van der Waals surface area (Å²) in [5.41, 5.74) is 3.44. The highest BCUT2D eigenvalue weighted by Gasteiger charge is 2.47. The summed E-state index contributed by atoms with van der Waals surface area (Å²) < 4.78 is 14.7. The van der Waals surface area contributed by atoms with Crippen molar-refractivity contribution < 1.29 is 14.3 Å². The Hall–Kier alpha value is -2.91. The van der Waals surface area contributed by atoms with E-state index in [-0.39, 0.29) is 23.9 Å². The molecule has 1 aromatic carbocycles. The third-order valence-electron chi connectivity index (χ3n) is 7.83. The number of hydrogen-bond donors (Lipinski definition) is 2. The van der Waals surface area contributed by atoms with Gasteiger partial charge in [-0.3, -0.25) is 14.3 Å². The van der Waals surface area contributed by atoms with Gasteiger partial charge in [0.25, 0.3) is 17.3 Å². The van der Waals surface area contributed by atoms with Crippen molar-refractivity contribution in [3.05, 3.63) is 67.9 Å². The molecule has 2 aromatic heterocycles. The van der Waals surface area contributed by atoms with Gasteiger partial charge in [-0.25, -0.2) is 0 Å². The molecule has 3 aromatic rings. The number of carbonyl (C=O) groups excluding carboxylic acids is 1. The number of pyridine rings is 1. The smallest absolute Gasteiger partial charge is 0.254 e. The zero-order valence-corrected chi connectivity index (χ0v) is 23.9. The van der Waals surface area contributed by atoms with Crippen molar-refractivity contribution in [3.63, 3.8) is 0 Å². The predicted molar refractivity (Wildman–Crippen MR) is 149 cm³/mol. The van der Waals surface area contributed by atoms with Gasteiger partial charge in [-0.2, -0.15) is 5.10 Å². The number of nitrogens with one attached hydrogen (secondary N) is 2. The van der Waals surface area contributed by atoms with Crippen molar-refractivity contribution in [2.24, 2.45) is 13.0 Å². The largest absolute Gasteiger partial charge is 0.448 e. The number of aromatic amines is 1. The monoisotopic (exact) mass is 556 g/mol. The van der Waals surface area contributed by atoms with Crippen LogP contribution in [0.15, 0.2) is 34.2 Å². The van der Waals surface area contributed by atoms with Crippen LogP contribution in [-0.4, -0.2) is 32.7 Å². The van der Waals surface area contributed by atoms with E-state index in [4.69, 9.17) is 21.1 Å². The fourth-order valence-electron chi connectivity index (χ4n) is 5.65. The summed E-state index contributed by atoms with van der Waals surface area (Å²) >= 11 is 8.09. The molecule has 1 atom stereocenters. The molecule has 2 N–H and O–H groups in total. The minimum Gasteiger partial charge on any atom is -0.448 e. The first kappa shape index (κ1) is 26.7. The molecular weight excluding hydrogens is 524 g/mol. The number of rotatable bonds is 6. The lowest BCUT2D eigenvalue weighted by Gasteiger charge is -2.37. The Morgan fingerprint density at radius 1 is 1.24 bits per heavy atom. The Morgan fingerprint density at radius 3 is 2.61 bits per heavy atom. The summed E-state index contributed by atoms with van der Waals surface area (Å²) in [5, 5.41) is 7.54. The van der Waals surface area contributed by atoms with Crippen LogP contribution in [-0.2, 0) is 13.6 Å². The van der Waals surface area contributed by atoms with Gasteiger partial charge in [0, 0.05) is 59.9 Å². The number of aryl methyl sites for hydroxylation is 2. The topological polar surface area (TPSA) is 98.2 Å². The lowest BCUT2D eigenvalue weighted by atomic mass is 9.76. The van der Waals surface area contributed by atoms with E-state index in [1.165, 1.54) is 17.3 Å². The quantitative estimate of drug-likeness (QED) is 0.389. The normalized spacial score (nSPS) is 22.5. The van der Waals surface area contributed by atoms with Crippen molar-refractivity contribution in [3.8, 4) is 11.5 Å². The van der Waals surface area contributed by atoms with Gasteiger partial charge >= 0.3 is 0 Å². The molecule has 1 amide bonds. The number of nitrogens with zero attached hydrogens (tertiary/aromatic N) is 2. The summed E-state index contributed by atoms with van der Waals surface area (Å²) in [6.07, 6.45) is 9.93. The average Bonchev–Trinajstić information content (AvgIpc) is 3.49. The van der Waals surface area contributed by atoms with Gasteiger partial charge in [0.15, 0.2) is 11.5 Å². The third-order valence-corrected chi connectivity index (χ3v) is 8.92. The molecule has 10 heteroatoms. The fraction of sp³-hybridized carbons (Fsp3) is 0.464. The fourth-order valence-corrected chi connectivity index (χ4v) is 6.59. The number of carbonyl (C=O) groups is 1. The molecule has 0 unspecified atom stereocenters. The number of amides is 1. The van der Waals surface area contributed by atoms with E-state index < -0.39 is 5.79 Å². The van der Waals surface area contributed by atoms with Crippen molar-refractivity contribution in [2.45, 2.75) is 69.6 Å². The van der Waals surface area contributed by atoms with E-state index >= 15 is 0 Å². The predicted octanol–water partition coefficient (Wildman–Crippen LogP) is 5.49. The number of hydrogen-bond acceptors (Lipinski definition) is 6. The molecule has 0 saturated heterocycles. The summed E-state index contributed by atoms with van der Waals surface area (Å²) in [7, 11) is 1.94. The van der Waals surface area contributed by atoms with Gasteiger partial charge < -0.3 is 19.8 Å². The molecule has 1 saturated carbocycles. The zero-order valence-electron chi connectivity index (χ0n) is 22.3. The second-order valence-electron chi connectivity index (χ2n) is 10.4. The van der Waals surface area contributed by atoms with Crippen molar-refractivity contribution in [1.29, 1.82) is 0 Å². The molecule has 3 heterocycles. The van der Waals surface area contributed by atoms with Crippen molar-refractivity contribution in [1.82, 2.24) is 20.1 Å². The van der Waals surface area contributed by atoms with E-state index in [1.807, 2.05) is 51.0 Å². The van der Waals surface area contributed by atoms with E-state index in [0.29, 0.717) is 39.1 Å². The molecule has 202 valence electrons. The van der Waals surface area contributed by atoms with Crippen LogP contribution in [0, 0.1) is 19.8 Å². The van der Waals surface area contributed by atoms with Gasteiger partial charge in [-0.05, 0) is 69.4 Å². The highest BCUT2D eigenvalue weighted by Crippen LogP contribution is 2.52. The number of halogens is 1. The van der Waals surface area contributed by atoms with Crippen LogP contribution in [0.4, 0.5) is 0 Å². The standard InChI is InChI=1S/C28H33ClN4O4S/c1-15-10-23(38-5)21(27(35)32-15)13-30-26(34)20-11-22(29)25-24(16(20)2)36-28(3,37-25)19-8-6-17(7-9-19)18-12-31-33(4)14-18/h10-12,14,17,19H,6-9,13H2,1-5H3,(H,30,34)(H,32,35)/t17?,19?,28-/m1/s1. The number of H-pyrrole nitrogens is 1. The maximum absolute atomic E-state index is 13.2. The number of benzene rings is 1. The minimum atomic E-state index is -0.853. The van der Waals surface area contributed by atoms with Gasteiger partial charge in [-0.1, -0.05) is 11.6 Å². The Kier molecular flexibility index (Phi) is 7.26. The Balaban J connectivity index is 1.30. The van der Waals surface area contributed by atoms with Gasteiger partial charge in [0.1, 0.15) is 0 Å². The molecule has 2 aliphatic rings. The molecule has 1 aliphatic heterocycles. The van der Waals surface area contributed by atoms with Crippen molar-refractivity contribution >= 4 is 29.3 Å². The number of fused-ring (bicyclic) bond motifs is 1. The lowest BCUT2D eigenvalue weighted by molar-refractivity contribution is -0.121. The van der Waals surface area contributed by atoms with Crippen LogP contribution in [0.2, 0.25) is 5.02 Å². The number of aromatic nitrogens is 3. The highest BCUT2D eigenvalue weighted by atomic mass is 35.5. The molecule has 38 heavy (non-hydrogen) atoms. The Bertz CT molecular complexity index is 1440. The third kappa shape index (κ3) is 4.94. The highest BCUT2D eigenvalue weighted by molar-refractivity contribution is 7.98. The molecule has 1 aliphatic carbocycles. The Morgan fingerprint density at radius 2 is 1.95 bits per heavy atom. The molecular formula is C28H33ClN4O4S. The minimum absolute atomic E-state index is 0.105. The van der Waals surface area contributed by atoms with Crippen LogP contribution in [0.3, 0.4) is 0 Å². The van der Waals surface area contributed by atoms with Gasteiger partial charge in [0.05, 0.1) is 11.2 Å². The van der Waals surface area contributed by atoms with E-state index in [1.54, 1.807) is 6.07 Å². The first-order valence-electron chi connectivity index (χ1n) is 12.8. The van der Waals surface area contributed by atoms with Crippen LogP contribution < -0.4 is 20.3 Å². The summed E-state index contributed by atoms with van der Waals surface area (Å²) in [5.74, 6) is 0.492.